The third kappa shape index (κ3) is 8.68. The minimum Gasteiger partial charge on any atom is -0.445 e. The number of benzene rings is 3. The summed E-state index contributed by atoms with van der Waals surface area (Å²) in [7, 11) is 0. The fourth-order valence-corrected chi connectivity index (χ4v) is 5.89. The molecule has 1 heterocycles. The van der Waals surface area contributed by atoms with Gasteiger partial charge in [-0.1, -0.05) is 42.5 Å². The molecule has 12 heteroatoms. The molecule has 0 aromatic heterocycles. The number of alkyl halides is 3. The number of ether oxygens (including phenoxy) is 1. The molecule has 2 fully saturated rings. The average Bonchev–Trinajstić information content (AvgIpc) is 3.55. The molecule has 1 saturated carbocycles. The lowest BCUT2D eigenvalue weighted by Gasteiger charge is -2.34. The quantitative estimate of drug-likeness (QED) is 0.285. The second kappa shape index (κ2) is 14.7. The molecule has 3 aromatic carbocycles. The van der Waals surface area contributed by atoms with E-state index in [2.05, 4.69) is 27.7 Å². The van der Waals surface area contributed by atoms with Gasteiger partial charge in [-0.15, -0.1) is 0 Å². The normalized spacial score (nSPS) is 16.9. The molecule has 9 nitrogen and oxygen atoms in total. The van der Waals surface area contributed by atoms with E-state index in [1.807, 2.05) is 24.3 Å². The van der Waals surface area contributed by atoms with Crippen LogP contribution >= 0.6 is 0 Å². The predicted octanol–water partition coefficient (Wildman–Crippen LogP) is 5.78. The van der Waals surface area contributed by atoms with E-state index in [9.17, 15) is 32.8 Å². The van der Waals surface area contributed by atoms with Crippen molar-refractivity contribution in [3.05, 3.63) is 101 Å². The van der Waals surface area contributed by atoms with Crippen LogP contribution in [0, 0.1) is 11.3 Å². The van der Waals surface area contributed by atoms with Crippen LogP contribution in [0.1, 0.15) is 52.7 Å². The Balaban J connectivity index is 1.13. The number of halogens is 3. The molecule has 2 aliphatic rings. The highest BCUT2D eigenvalue weighted by atomic mass is 19.4. The van der Waals surface area contributed by atoms with Gasteiger partial charge in [-0.25, -0.2) is 9.59 Å². The van der Waals surface area contributed by atoms with Crippen LogP contribution in [-0.2, 0) is 28.7 Å². The van der Waals surface area contributed by atoms with E-state index in [1.165, 1.54) is 29.8 Å². The van der Waals surface area contributed by atoms with Crippen molar-refractivity contribution in [2.24, 2.45) is 0 Å². The Bertz CT molecular complexity index is 1580. The lowest BCUT2D eigenvalue weighted by Crippen LogP contribution is -2.51. The number of nitriles is 1. The first-order valence-electron chi connectivity index (χ1n) is 15.6. The minimum atomic E-state index is -4.48. The highest BCUT2D eigenvalue weighted by Gasteiger charge is 2.46. The molecule has 47 heavy (non-hydrogen) atoms. The number of rotatable bonds is 9. The number of anilines is 1. The second-order valence-electron chi connectivity index (χ2n) is 11.9. The van der Waals surface area contributed by atoms with Gasteiger partial charge < -0.3 is 20.3 Å². The molecule has 0 unspecified atom stereocenters. The lowest BCUT2D eigenvalue weighted by molar-refractivity contribution is -0.140. The van der Waals surface area contributed by atoms with E-state index in [1.54, 1.807) is 17.0 Å². The molecule has 1 aliphatic carbocycles. The Labute approximate surface area is 271 Å². The van der Waals surface area contributed by atoms with Gasteiger partial charge >= 0.3 is 18.2 Å². The Morgan fingerprint density at radius 1 is 0.872 bits per heavy atom. The van der Waals surface area contributed by atoms with Crippen LogP contribution in [0.4, 0.5) is 23.7 Å². The highest BCUT2D eigenvalue weighted by molar-refractivity contribution is 5.95. The van der Waals surface area contributed by atoms with Crippen molar-refractivity contribution < 1.29 is 32.3 Å². The summed E-state index contributed by atoms with van der Waals surface area (Å²) >= 11 is 0. The largest absolute Gasteiger partial charge is 0.445 e. The van der Waals surface area contributed by atoms with Crippen LogP contribution < -0.4 is 10.6 Å². The molecule has 0 bridgehead atoms. The van der Waals surface area contributed by atoms with Gasteiger partial charge in [0.15, 0.2) is 5.60 Å². The van der Waals surface area contributed by atoms with Crippen molar-refractivity contribution in [3.8, 4) is 6.07 Å². The highest BCUT2D eigenvalue weighted by Crippen LogP contribution is 2.35. The summed E-state index contributed by atoms with van der Waals surface area (Å²) in [6.07, 6.45) is -2.66. The number of nitrogens with one attached hydrogen (secondary N) is 2. The molecule has 3 aromatic rings. The van der Waals surface area contributed by atoms with Crippen LogP contribution in [-0.4, -0.2) is 65.5 Å². The summed E-state index contributed by atoms with van der Waals surface area (Å²) < 4.78 is 44.5. The van der Waals surface area contributed by atoms with Crippen molar-refractivity contribution in [2.45, 2.75) is 56.5 Å². The molecule has 0 radical (unpaired) electrons. The maximum absolute atomic E-state index is 13.4. The Morgan fingerprint density at radius 3 is 2.11 bits per heavy atom. The number of carbonyl (C=O) groups is 3. The van der Waals surface area contributed by atoms with E-state index in [4.69, 9.17) is 4.74 Å². The second-order valence-corrected chi connectivity index (χ2v) is 11.9. The third-order valence-corrected chi connectivity index (χ3v) is 8.58. The molecule has 1 saturated heterocycles. The molecular formula is C35H36F3N5O4. The van der Waals surface area contributed by atoms with Crippen LogP contribution in [0.25, 0.3) is 0 Å². The first-order chi connectivity index (χ1) is 22.5. The summed E-state index contributed by atoms with van der Waals surface area (Å²) in [5.41, 5.74) is 0.0949. The number of amides is 3. The predicted molar refractivity (Wildman–Crippen MR) is 168 cm³/mol. The van der Waals surface area contributed by atoms with Crippen molar-refractivity contribution in [2.75, 3.05) is 31.5 Å². The number of nitrogens with zero attached hydrogens (tertiary/aromatic N) is 3. The zero-order valence-electron chi connectivity index (χ0n) is 25.8. The van der Waals surface area contributed by atoms with Crippen LogP contribution in [0.2, 0.25) is 0 Å². The number of urea groups is 1. The van der Waals surface area contributed by atoms with E-state index < -0.39 is 35.3 Å². The summed E-state index contributed by atoms with van der Waals surface area (Å²) in [6, 6.07) is 21.5. The minimum absolute atomic E-state index is 0.0129. The monoisotopic (exact) mass is 647 g/mol. The van der Waals surface area contributed by atoms with E-state index in [0.717, 1.165) is 31.8 Å². The van der Waals surface area contributed by atoms with Gasteiger partial charge in [0, 0.05) is 44.8 Å². The molecule has 1 atom stereocenters. The molecule has 246 valence electrons. The maximum Gasteiger partial charge on any atom is 0.416 e. The summed E-state index contributed by atoms with van der Waals surface area (Å²) in [5.74, 6) is -1.33. The summed E-state index contributed by atoms with van der Waals surface area (Å²) in [5, 5.41) is 15.1. The average molecular weight is 648 g/mol. The number of carbonyl (C=O) groups excluding carboxylic acids is 3. The molecular weight excluding hydrogens is 611 g/mol. The van der Waals surface area contributed by atoms with Gasteiger partial charge in [-0.05, 0) is 73.2 Å². The number of hydrogen-bond acceptors (Lipinski definition) is 6. The van der Waals surface area contributed by atoms with Crippen LogP contribution in [0.15, 0.2) is 78.9 Å². The van der Waals surface area contributed by atoms with Gasteiger partial charge in [-0.3, -0.25) is 9.69 Å². The molecule has 5 rings (SSSR count). The standard InChI is InChI=1S/C35H36F3N5O4/c36-35(37,38)28-12-8-25(9-13-28)22-30(23-39)40-32(45)34(16-4-5-17-34)47-31(44)27-10-14-29(15-11-27)41-33(46)43-20-18-42(19-21-43)24-26-6-2-1-3-7-26/h1-3,6-15,30H,4-5,16-22,24H2,(H,40,45)(H,41,46)/t30-/m0/s1. The first-order valence-corrected chi connectivity index (χ1v) is 15.6. The zero-order chi connectivity index (χ0) is 33.4. The zero-order valence-corrected chi connectivity index (χ0v) is 25.8. The molecule has 2 N–H and O–H groups in total. The topological polar surface area (TPSA) is 115 Å². The number of piperazine rings is 1. The van der Waals surface area contributed by atoms with Gasteiger partial charge in [0.25, 0.3) is 5.91 Å². The molecule has 0 spiro atoms. The molecule has 3 amide bonds. The van der Waals surface area contributed by atoms with Crippen molar-refractivity contribution in [1.82, 2.24) is 15.1 Å². The fraction of sp³-hybridized carbons (Fsp3) is 0.371. The van der Waals surface area contributed by atoms with Gasteiger partial charge in [-0.2, -0.15) is 18.4 Å². The van der Waals surface area contributed by atoms with Crippen LogP contribution in [0.3, 0.4) is 0 Å². The summed E-state index contributed by atoms with van der Waals surface area (Å²) in [6.45, 7) is 3.52. The van der Waals surface area contributed by atoms with E-state index in [0.29, 0.717) is 37.2 Å². The first kappa shape index (κ1) is 33.5. The van der Waals surface area contributed by atoms with Gasteiger partial charge in [0.1, 0.15) is 6.04 Å². The maximum atomic E-state index is 13.4. The summed E-state index contributed by atoms with van der Waals surface area (Å²) in [4.78, 5) is 43.5. The van der Waals surface area contributed by atoms with Gasteiger partial charge in [0.2, 0.25) is 0 Å². The number of hydrogen-bond donors (Lipinski definition) is 2. The van der Waals surface area contributed by atoms with Crippen molar-refractivity contribution in [1.29, 1.82) is 5.26 Å². The van der Waals surface area contributed by atoms with E-state index >= 15 is 0 Å². The Morgan fingerprint density at radius 2 is 1.51 bits per heavy atom. The third-order valence-electron chi connectivity index (χ3n) is 8.58. The van der Waals surface area contributed by atoms with Crippen molar-refractivity contribution in [3.63, 3.8) is 0 Å². The van der Waals surface area contributed by atoms with E-state index in [-0.39, 0.29) is 30.9 Å². The Hall–Kier alpha value is -4.89. The Kier molecular flexibility index (Phi) is 10.5. The van der Waals surface area contributed by atoms with Gasteiger partial charge in [0.05, 0.1) is 17.2 Å². The fourth-order valence-electron chi connectivity index (χ4n) is 5.89. The SMILES string of the molecule is N#C[C@H](Cc1ccc(C(F)(F)F)cc1)NC(=O)C1(OC(=O)c2ccc(NC(=O)N3CCN(Cc4ccccc4)CC3)cc2)CCCC1. The lowest BCUT2D eigenvalue weighted by atomic mass is 9.98. The van der Waals surface area contributed by atoms with Crippen molar-refractivity contribution >= 4 is 23.6 Å². The molecule has 1 aliphatic heterocycles. The number of esters is 1. The van der Waals surface area contributed by atoms with Crippen LogP contribution in [0.5, 0.6) is 0 Å². The smallest absolute Gasteiger partial charge is 0.416 e.